The lowest BCUT2D eigenvalue weighted by Gasteiger charge is -2.09. The zero-order valence-corrected chi connectivity index (χ0v) is 9.95. The van der Waals surface area contributed by atoms with Crippen molar-refractivity contribution in [3.8, 4) is 0 Å². The van der Waals surface area contributed by atoms with Crippen molar-refractivity contribution < 1.29 is 18.7 Å². The molecule has 0 aliphatic carbocycles. The van der Waals surface area contributed by atoms with E-state index in [1.807, 2.05) is 0 Å². The van der Waals surface area contributed by atoms with E-state index in [-0.39, 0.29) is 0 Å². The van der Waals surface area contributed by atoms with Crippen LogP contribution in [-0.2, 0) is 0 Å². The summed E-state index contributed by atoms with van der Waals surface area (Å²) in [4.78, 5) is 14.5. The van der Waals surface area contributed by atoms with Gasteiger partial charge in [-0.2, -0.15) is 0 Å². The highest BCUT2D eigenvalue weighted by molar-refractivity contribution is 5.88. The van der Waals surface area contributed by atoms with Crippen LogP contribution in [0.25, 0.3) is 0 Å². The maximum Gasteiger partial charge on any atom is 0.335 e. The number of aromatic carboxylic acids is 1. The molecule has 1 aromatic heterocycles. The summed E-state index contributed by atoms with van der Waals surface area (Å²) >= 11 is 0. The number of pyridine rings is 1. The molecular weight excluding hydrogens is 254 g/mol. The van der Waals surface area contributed by atoms with Gasteiger partial charge in [-0.25, -0.2) is 13.6 Å². The Bertz CT molecular complexity index is 621. The predicted octanol–water partition coefficient (Wildman–Crippen LogP) is 3.11. The van der Waals surface area contributed by atoms with Crippen molar-refractivity contribution in [2.24, 2.45) is 0 Å². The lowest BCUT2D eigenvalue weighted by molar-refractivity contribution is 0.0696. The summed E-state index contributed by atoms with van der Waals surface area (Å²) in [6.45, 7) is 1.79. The number of hydrogen-bond acceptors (Lipinski definition) is 3. The Morgan fingerprint density at radius 1 is 1.21 bits per heavy atom. The van der Waals surface area contributed by atoms with Gasteiger partial charge in [0, 0.05) is 6.20 Å². The molecule has 0 bridgehead atoms. The fourth-order valence-corrected chi connectivity index (χ4v) is 1.58. The van der Waals surface area contributed by atoms with E-state index >= 15 is 0 Å². The first kappa shape index (κ1) is 12.9. The zero-order valence-electron chi connectivity index (χ0n) is 9.95. The first-order chi connectivity index (χ1) is 8.97. The summed E-state index contributed by atoms with van der Waals surface area (Å²) in [6.07, 6.45) is 3.02. The van der Waals surface area contributed by atoms with Gasteiger partial charge in [0.2, 0.25) is 0 Å². The molecule has 4 nitrogen and oxygen atoms in total. The second-order valence-electron chi connectivity index (χ2n) is 4.00. The second-order valence-corrected chi connectivity index (χ2v) is 4.00. The Balaban J connectivity index is 2.38. The molecule has 0 saturated heterocycles. The standard InChI is InChI=1S/C13H10F2N2O2/c1-7-2-9(6-16-5-7)17-12-10(14)3-8(13(18)19)4-11(12)15/h2-6,17H,1H3,(H,18,19). The third-order valence-electron chi connectivity index (χ3n) is 2.43. The monoisotopic (exact) mass is 264 g/mol. The van der Waals surface area contributed by atoms with E-state index in [2.05, 4.69) is 10.3 Å². The third-order valence-corrected chi connectivity index (χ3v) is 2.43. The van der Waals surface area contributed by atoms with E-state index in [1.54, 1.807) is 19.2 Å². The molecule has 1 heterocycles. The molecule has 0 saturated carbocycles. The summed E-state index contributed by atoms with van der Waals surface area (Å²) in [7, 11) is 0. The number of carbonyl (C=O) groups is 1. The largest absolute Gasteiger partial charge is 0.478 e. The minimum atomic E-state index is -1.39. The highest BCUT2D eigenvalue weighted by atomic mass is 19.1. The highest BCUT2D eigenvalue weighted by Crippen LogP contribution is 2.24. The number of rotatable bonds is 3. The Morgan fingerprint density at radius 2 is 1.84 bits per heavy atom. The van der Waals surface area contributed by atoms with Crippen LogP contribution in [0.3, 0.4) is 0 Å². The number of halogens is 2. The SMILES string of the molecule is Cc1cncc(Nc2c(F)cc(C(=O)O)cc2F)c1. The second kappa shape index (κ2) is 5.01. The van der Waals surface area contributed by atoms with Crippen molar-refractivity contribution >= 4 is 17.3 Å². The van der Waals surface area contributed by atoms with Crippen molar-refractivity contribution in [2.75, 3.05) is 5.32 Å². The molecule has 98 valence electrons. The molecule has 0 unspecified atom stereocenters. The van der Waals surface area contributed by atoms with Gasteiger partial charge in [-0.05, 0) is 30.7 Å². The summed E-state index contributed by atoms with van der Waals surface area (Å²) in [5.74, 6) is -3.33. The Morgan fingerprint density at radius 3 is 2.37 bits per heavy atom. The molecule has 0 fully saturated rings. The number of anilines is 2. The van der Waals surface area contributed by atoms with Gasteiger partial charge in [-0.3, -0.25) is 4.98 Å². The first-order valence-electron chi connectivity index (χ1n) is 5.38. The number of aromatic nitrogens is 1. The summed E-state index contributed by atoms with van der Waals surface area (Å²) in [6, 6.07) is 3.19. The molecule has 6 heteroatoms. The average Bonchev–Trinajstić information content (AvgIpc) is 2.33. The van der Waals surface area contributed by atoms with Crippen molar-refractivity contribution in [3.63, 3.8) is 0 Å². The number of hydrogen-bond donors (Lipinski definition) is 2. The van der Waals surface area contributed by atoms with E-state index < -0.39 is 28.9 Å². The number of nitrogens with one attached hydrogen (secondary N) is 1. The molecule has 0 aliphatic rings. The average molecular weight is 264 g/mol. The number of benzene rings is 1. The summed E-state index contributed by atoms with van der Waals surface area (Å²) < 4.78 is 27.3. The smallest absolute Gasteiger partial charge is 0.335 e. The molecule has 1 aromatic carbocycles. The Hall–Kier alpha value is -2.50. The molecular formula is C13H10F2N2O2. The molecule has 0 amide bonds. The van der Waals surface area contributed by atoms with Crippen molar-refractivity contribution in [1.82, 2.24) is 4.98 Å². The van der Waals surface area contributed by atoms with Gasteiger partial charge in [-0.1, -0.05) is 0 Å². The van der Waals surface area contributed by atoms with Crippen molar-refractivity contribution in [2.45, 2.75) is 6.92 Å². The van der Waals surface area contributed by atoms with Gasteiger partial charge in [0.05, 0.1) is 17.4 Å². The van der Waals surface area contributed by atoms with Crippen LogP contribution in [0.4, 0.5) is 20.2 Å². The normalized spacial score (nSPS) is 10.3. The van der Waals surface area contributed by atoms with E-state index in [0.29, 0.717) is 5.69 Å². The van der Waals surface area contributed by atoms with E-state index in [0.717, 1.165) is 17.7 Å². The van der Waals surface area contributed by atoms with Gasteiger partial charge in [-0.15, -0.1) is 0 Å². The number of carboxylic acid groups (broad SMARTS) is 1. The summed E-state index contributed by atoms with van der Waals surface area (Å²) in [5.41, 5.74) is 0.397. The van der Waals surface area contributed by atoms with Crippen molar-refractivity contribution in [3.05, 3.63) is 53.4 Å². The van der Waals surface area contributed by atoms with E-state index in [1.165, 1.54) is 6.20 Å². The summed E-state index contributed by atoms with van der Waals surface area (Å²) in [5, 5.41) is 11.2. The Kier molecular flexibility index (Phi) is 3.41. The van der Waals surface area contributed by atoms with Gasteiger partial charge in [0.15, 0.2) is 11.6 Å². The number of carboxylic acids is 1. The van der Waals surface area contributed by atoms with Gasteiger partial charge < -0.3 is 10.4 Å². The van der Waals surface area contributed by atoms with Crippen LogP contribution in [0.15, 0.2) is 30.6 Å². The fraction of sp³-hybridized carbons (Fsp3) is 0.0769. The van der Waals surface area contributed by atoms with E-state index in [4.69, 9.17) is 5.11 Å². The van der Waals surface area contributed by atoms with Gasteiger partial charge in [0.25, 0.3) is 0 Å². The third kappa shape index (κ3) is 2.85. The lowest BCUT2D eigenvalue weighted by Crippen LogP contribution is -2.03. The van der Waals surface area contributed by atoms with Crippen LogP contribution >= 0.6 is 0 Å². The predicted molar refractivity (Wildman–Crippen MR) is 65.6 cm³/mol. The topological polar surface area (TPSA) is 62.2 Å². The highest BCUT2D eigenvalue weighted by Gasteiger charge is 2.14. The van der Waals surface area contributed by atoms with Gasteiger partial charge >= 0.3 is 5.97 Å². The van der Waals surface area contributed by atoms with Crippen molar-refractivity contribution in [1.29, 1.82) is 0 Å². The lowest BCUT2D eigenvalue weighted by atomic mass is 10.2. The minimum Gasteiger partial charge on any atom is -0.478 e. The number of aryl methyl sites for hydroxylation is 1. The van der Waals surface area contributed by atoms with Crippen LogP contribution in [0.1, 0.15) is 15.9 Å². The van der Waals surface area contributed by atoms with Crippen LogP contribution in [0, 0.1) is 18.6 Å². The molecule has 0 radical (unpaired) electrons. The molecule has 2 aromatic rings. The minimum absolute atomic E-state index is 0.405. The first-order valence-corrected chi connectivity index (χ1v) is 5.38. The van der Waals surface area contributed by atoms with Gasteiger partial charge in [0.1, 0.15) is 5.69 Å². The maximum absolute atomic E-state index is 13.7. The van der Waals surface area contributed by atoms with Crippen LogP contribution in [0.5, 0.6) is 0 Å². The quantitative estimate of drug-likeness (QED) is 0.894. The Labute approximate surface area is 107 Å². The molecule has 2 rings (SSSR count). The van der Waals surface area contributed by atoms with E-state index in [9.17, 15) is 13.6 Å². The maximum atomic E-state index is 13.7. The molecule has 0 spiro atoms. The van der Waals surface area contributed by atoms with Crippen LogP contribution in [0.2, 0.25) is 0 Å². The fourth-order valence-electron chi connectivity index (χ4n) is 1.58. The molecule has 0 atom stereocenters. The molecule has 0 aliphatic heterocycles. The zero-order chi connectivity index (χ0) is 14.0. The van der Waals surface area contributed by atoms with Crippen LogP contribution < -0.4 is 5.32 Å². The number of nitrogens with zero attached hydrogens (tertiary/aromatic N) is 1. The van der Waals surface area contributed by atoms with Crippen LogP contribution in [-0.4, -0.2) is 16.1 Å². The molecule has 2 N–H and O–H groups in total. The molecule has 19 heavy (non-hydrogen) atoms.